The Hall–Kier alpha value is -1.49. The fourth-order valence-electron chi connectivity index (χ4n) is 1.40. The number of rotatable bonds is 5. The molecule has 88 valence electrons. The van der Waals surface area contributed by atoms with E-state index in [4.69, 9.17) is 27.4 Å². The smallest absolute Gasteiger partial charge is 0.163 e. The molecule has 4 nitrogen and oxygen atoms in total. The SMILES string of the molecule is COc1ccc(OC)c(CCNC(N)=S)c1. The maximum absolute atomic E-state index is 5.35. The molecule has 0 spiro atoms. The van der Waals surface area contributed by atoms with Crippen LogP contribution in [0.3, 0.4) is 0 Å². The van der Waals surface area contributed by atoms with Gasteiger partial charge in [-0.25, -0.2) is 0 Å². The predicted molar refractivity (Wildman–Crippen MR) is 68.0 cm³/mol. The van der Waals surface area contributed by atoms with Crippen molar-refractivity contribution in [3.8, 4) is 11.5 Å². The van der Waals surface area contributed by atoms with Gasteiger partial charge in [-0.05, 0) is 42.4 Å². The molecule has 0 aromatic heterocycles. The Morgan fingerprint density at radius 1 is 1.38 bits per heavy atom. The van der Waals surface area contributed by atoms with Crippen LogP contribution in [-0.4, -0.2) is 25.9 Å². The summed E-state index contributed by atoms with van der Waals surface area (Å²) >= 11 is 4.73. The Bertz CT molecular complexity index is 369. The van der Waals surface area contributed by atoms with Crippen LogP contribution in [0.5, 0.6) is 11.5 Å². The first kappa shape index (κ1) is 12.6. The number of nitrogens with one attached hydrogen (secondary N) is 1. The van der Waals surface area contributed by atoms with E-state index in [2.05, 4.69) is 5.32 Å². The van der Waals surface area contributed by atoms with Crippen LogP contribution in [0.2, 0.25) is 0 Å². The minimum absolute atomic E-state index is 0.307. The van der Waals surface area contributed by atoms with Gasteiger partial charge in [0.1, 0.15) is 11.5 Å². The van der Waals surface area contributed by atoms with Gasteiger partial charge in [-0.2, -0.15) is 0 Å². The standard InChI is InChI=1S/C11H16N2O2S/c1-14-9-3-4-10(15-2)8(7-9)5-6-13-11(12)16/h3-4,7H,5-6H2,1-2H3,(H3,12,13,16). The predicted octanol–water partition coefficient (Wildman–Crippen LogP) is 1.08. The molecule has 0 saturated carbocycles. The van der Waals surface area contributed by atoms with Gasteiger partial charge in [-0.3, -0.25) is 0 Å². The van der Waals surface area contributed by atoms with Crippen molar-refractivity contribution in [1.82, 2.24) is 5.32 Å². The van der Waals surface area contributed by atoms with E-state index in [1.54, 1.807) is 14.2 Å². The summed E-state index contributed by atoms with van der Waals surface area (Å²) in [7, 11) is 3.28. The van der Waals surface area contributed by atoms with Crippen molar-refractivity contribution >= 4 is 17.3 Å². The highest BCUT2D eigenvalue weighted by Crippen LogP contribution is 2.23. The summed E-state index contributed by atoms with van der Waals surface area (Å²) in [6.07, 6.45) is 0.776. The lowest BCUT2D eigenvalue weighted by atomic mass is 10.1. The van der Waals surface area contributed by atoms with E-state index in [0.29, 0.717) is 11.7 Å². The highest BCUT2D eigenvalue weighted by atomic mass is 32.1. The number of hydrogen-bond acceptors (Lipinski definition) is 3. The second-order valence-electron chi connectivity index (χ2n) is 3.22. The fourth-order valence-corrected chi connectivity index (χ4v) is 1.50. The first-order valence-electron chi connectivity index (χ1n) is 4.91. The van der Waals surface area contributed by atoms with E-state index in [0.717, 1.165) is 23.5 Å². The highest BCUT2D eigenvalue weighted by molar-refractivity contribution is 7.80. The van der Waals surface area contributed by atoms with Crippen LogP contribution < -0.4 is 20.5 Å². The molecule has 0 fully saturated rings. The van der Waals surface area contributed by atoms with Crippen molar-refractivity contribution in [2.24, 2.45) is 5.73 Å². The van der Waals surface area contributed by atoms with Crippen LogP contribution in [0.15, 0.2) is 18.2 Å². The molecule has 3 N–H and O–H groups in total. The molecular weight excluding hydrogens is 224 g/mol. The van der Waals surface area contributed by atoms with E-state index in [1.165, 1.54) is 0 Å². The van der Waals surface area contributed by atoms with Crippen molar-refractivity contribution in [2.75, 3.05) is 20.8 Å². The Kier molecular flexibility index (Phi) is 4.85. The van der Waals surface area contributed by atoms with Gasteiger partial charge in [0.15, 0.2) is 5.11 Å². The van der Waals surface area contributed by atoms with Gasteiger partial charge < -0.3 is 20.5 Å². The summed E-state index contributed by atoms with van der Waals surface area (Å²) in [5, 5.41) is 3.20. The van der Waals surface area contributed by atoms with E-state index in [9.17, 15) is 0 Å². The fraction of sp³-hybridized carbons (Fsp3) is 0.364. The van der Waals surface area contributed by atoms with Crippen LogP contribution >= 0.6 is 12.2 Å². The molecule has 0 aliphatic carbocycles. The molecule has 16 heavy (non-hydrogen) atoms. The molecule has 5 heteroatoms. The average molecular weight is 240 g/mol. The van der Waals surface area contributed by atoms with E-state index in [1.807, 2.05) is 18.2 Å². The third-order valence-electron chi connectivity index (χ3n) is 2.18. The van der Waals surface area contributed by atoms with Gasteiger partial charge in [0.05, 0.1) is 14.2 Å². The van der Waals surface area contributed by atoms with Crippen LogP contribution in [0.1, 0.15) is 5.56 Å². The van der Waals surface area contributed by atoms with Crippen LogP contribution in [-0.2, 0) is 6.42 Å². The molecule has 1 aromatic carbocycles. The monoisotopic (exact) mass is 240 g/mol. The van der Waals surface area contributed by atoms with Gasteiger partial charge in [0.25, 0.3) is 0 Å². The lowest BCUT2D eigenvalue weighted by Crippen LogP contribution is -2.30. The lowest BCUT2D eigenvalue weighted by Gasteiger charge is -2.10. The summed E-state index contributed by atoms with van der Waals surface area (Å²) in [5.41, 5.74) is 6.41. The summed E-state index contributed by atoms with van der Waals surface area (Å²) in [5.74, 6) is 1.65. The van der Waals surface area contributed by atoms with Gasteiger partial charge in [0, 0.05) is 6.54 Å². The van der Waals surface area contributed by atoms with Gasteiger partial charge in [-0.15, -0.1) is 0 Å². The molecule has 0 aliphatic heterocycles. The maximum Gasteiger partial charge on any atom is 0.163 e. The maximum atomic E-state index is 5.35. The Labute approximate surface area is 101 Å². The lowest BCUT2D eigenvalue weighted by molar-refractivity contribution is 0.398. The summed E-state index contributed by atoms with van der Waals surface area (Å²) in [6, 6.07) is 5.69. The molecule has 0 bridgehead atoms. The average Bonchev–Trinajstić information content (AvgIpc) is 2.28. The molecule has 0 amide bonds. The second kappa shape index (κ2) is 6.17. The summed E-state index contributed by atoms with van der Waals surface area (Å²) in [4.78, 5) is 0. The molecule has 1 aromatic rings. The minimum atomic E-state index is 0.307. The zero-order valence-electron chi connectivity index (χ0n) is 9.45. The molecule has 0 unspecified atom stereocenters. The zero-order chi connectivity index (χ0) is 12.0. The Morgan fingerprint density at radius 2 is 2.12 bits per heavy atom. The highest BCUT2D eigenvalue weighted by Gasteiger charge is 2.04. The largest absolute Gasteiger partial charge is 0.497 e. The molecule has 0 radical (unpaired) electrons. The summed E-state index contributed by atoms with van der Waals surface area (Å²) in [6.45, 7) is 0.679. The third-order valence-corrected chi connectivity index (χ3v) is 2.33. The number of methoxy groups -OCH3 is 2. The van der Waals surface area contributed by atoms with Gasteiger partial charge in [0.2, 0.25) is 0 Å². The van der Waals surface area contributed by atoms with Crippen LogP contribution in [0, 0.1) is 0 Å². The topological polar surface area (TPSA) is 56.5 Å². The van der Waals surface area contributed by atoms with E-state index in [-0.39, 0.29) is 0 Å². The van der Waals surface area contributed by atoms with Gasteiger partial charge >= 0.3 is 0 Å². The normalized spacial score (nSPS) is 9.62. The quantitative estimate of drug-likeness (QED) is 0.754. The van der Waals surface area contributed by atoms with Crippen molar-refractivity contribution in [3.63, 3.8) is 0 Å². The molecule has 0 aliphatic rings. The first-order chi connectivity index (χ1) is 7.67. The number of ether oxygens (including phenoxy) is 2. The number of hydrogen-bond donors (Lipinski definition) is 2. The summed E-state index contributed by atoms with van der Waals surface area (Å²) < 4.78 is 10.4. The Balaban J connectivity index is 2.71. The number of nitrogens with two attached hydrogens (primary N) is 1. The third kappa shape index (κ3) is 3.58. The molecule has 0 heterocycles. The van der Waals surface area contributed by atoms with E-state index >= 15 is 0 Å². The first-order valence-corrected chi connectivity index (χ1v) is 5.32. The Morgan fingerprint density at radius 3 is 2.69 bits per heavy atom. The van der Waals surface area contributed by atoms with Crippen LogP contribution in [0.25, 0.3) is 0 Å². The van der Waals surface area contributed by atoms with Crippen molar-refractivity contribution in [3.05, 3.63) is 23.8 Å². The molecule has 0 atom stereocenters. The molecule has 1 rings (SSSR count). The van der Waals surface area contributed by atoms with Crippen molar-refractivity contribution < 1.29 is 9.47 Å². The van der Waals surface area contributed by atoms with E-state index < -0.39 is 0 Å². The minimum Gasteiger partial charge on any atom is -0.497 e. The van der Waals surface area contributed by atoms with Crippen LogP contribution in [0.4, 0.5) is 0 Å². The number of benzene rings is 1. The van der Waals surface area contributed by atoms with Crippen molar-refractivity contribution in [2.45, 2.75) is 6.42 Å². The molecular formula is C11H16N2O2S. The second-order valence-corrected chi connectivity index (χ2v) is 3.66. The van der Waals surface area contributed by atoms with Crippen molar-refractivity contribution in [1.29, 1.82) is 0 Å². The number of thiocarbonyl (C=S) groups is 1. The zero-order valence-corrected chi connectivity index (χ0v) is 10.3. The molecule has 0 saturated heterocycles. The van der Waals surface area contributed by atoms with Gasteiger partial charge in [-0.1, -0.05) is 0 Å².